The molecule has 1 aliphatic heterocycles. The van der Waals surface area contributed by atoms with Crippen LogP contribution >= 0.6 is 11.6 Å². The van der Waals surface area contributed by atoms with Gasteiger partial charge < -0.3 is 20.1 Å². The topological polar surface area (TPSA) is 115 Å². The fraction of sp³-hybridized carbons (Fsp3) is 0.520. The summed E-state index contributed by atoms with van der Waals surface area (Å²) in [6.45, 7) is 4.16. The molecule has 2 N–H and O–H groups in total. The number of likely N-dealkylation sites (tertiary alicyclic amines) is 1. The van der Waals surface area contributed by atoms with Gasteiger partial charge in [-0.3, -0.25) is 19.2 Å². The van der Waals surface area contributed by atoms with Gasteiger partial charge in [-0.15, -0.1) is 0 Å². The second kappa shape index (κ2) is 12.3. The molecule has 0 saturated carbocycles. The number of rotatable bonds is 7. The number of ether oxygens (including phenoxy) is 2. The molecule has 0 bridgehead atoms. The first-order valence-corrected chi connectivity index (χ1v) is 12.7. The van der Waals surface area contributed by atoms with Gasteiger partial charge in [0.2, 0.25) is 5.91 Å². The first-order valence-electron chi connectivity index (χ1n) is 12.3. The fourth-order valence-electron chi connectivity index (χ4n) is 4.04. The lowest BCUT2D eigenvalue weighted by molar-refractivity contribution is -0.143. The van der Waals surface area contributed by atoms with Crippen molar-refractivity contribution in [2.45, 2.75) is 64.0 Å². The van der Waals surface area contributed by atoms with Crippen molar-refractivity contribution in [1.29, 1.82) is 0 Å². The maximum atomic E-state index is 13.6. The zero-order chi connectivity index (χ0) is 29.8. The van der Waals surface area contributed by atoms with E-state index in [1.165, 1.54) is 17.0 Å². The highest BCUT2D eigenvalue weighted by atomic mass is 35.5. The molecule has 1 saturated heterocycles. The van der Waals surface area contributed by atoms with Crippen molar-refractivity contribution in [3.8, 4) is 5.75 Å². The number of aromatic nitrogens is 2. The largest absolute Gasteiger partial charge is 0.484 e. The minimum Gasteiger partial charge on any atom is -0.484 e. The molecule has 1 aromatic heterocycles. The second-order valence-corrected chi connectivity index (χ2v) is 10.6. The lowest BCUT2D eigenvalue weighted by Crippen LogP contribution is -2.59. The monoisotopic (exact) mass is 591 g/mol. The van der Waals surface area contributed by atoms with Crippen LogP contribution in [0.15, 0.2) is 24.3 Å². The van der Waals surface area contributed by atoms with Crippen molar-refractivity contribution in [3.05, 3.63) is 46.5 Å². The van der Waals surface area contributed by atoms with Gasteiger partial charge in [0.15, 0.2) is 6.61 Å². The summed E-state index contributed by atoms with van der Waals surface area (Å²) in [4.78, 5) is 39.6. The van der Waals surface area contributed by atoms with Crippen LogP contribution in [0.4, 0.5) is 22.4 Å². The SMILES string of the molecule is Cn1nc(CNC(=O)[C@H]2CC[C@H](NC(=O)COc3ccc(Cl)c(F)c3)CN2C(=O)OC(C)(C)C)cc1C(F)(F)F. The molecule has 3 amide bonds. The van der Waals surface area contributed by atoms with Crippen molar-refractivity contribution >= 4 is 29.5 Å². The third-order valence-corrected chi connectivity index (χ3v) is 6.11. The van der Waals surface area contributed by atoms with E-state index in [9.17, 15) is 31.9 Å². The molecule has 2 aromatic rings. The van der Waals surface area contributed by atoms with Crippen molar-refractivity contribution in [2.75, 3.05) is 13.2 Å². The van der Waals surface area contributed by atoms with Crippen LogP contribution in [0.25, 0.3) is 0 Å². The molecule has 0 spiro atoms. The summed E-state index contributed by atoms with van der Waals surface area (Å²) in [7, 11) is 1.15. The second-order valence-electron chi connectivity index (χ2n) is 10.2. The van der Waals surface area contributed by atoms with E-state index in [1.807, 2.05) is 0 Å². The summed E-state index contributed by atoms with van der Waals surface area (Å²) >= 11 is 5.63. The Morgan fingerprint density at radius 2 is 1.85 bits per heavy atom. The number of alkyl halides is 3. The number of benzene rings is 1. The number of nitrogens with zero attached hydrogens (tertiary/aromatic N) is 3. The van der Waals surface area contributed by atoms with Gasteiger partial charge in [-0.2, -0.15) is 18.3 Å². The first-order chi connectivity index (χ1) is 18.5. The third-order valence-electron chi connectivity index (χ3n) is 5.80. The van der Waals surface area contributed by atoms with E-state index in [2.05, 4.69) is 15.7 Å². The van der Waals surface area contributed by atoms with E-state index in [4.69, 9.17) is 21.1 Å². The van der Waals surface area contributed by atoms with Gasteiger partial charge in [-0.05, 0) is 51.8 Å². The number of amides is 3. The Bertz CT molecular complexity index is 1250. The van der Waals surface area contributed by atoms with Crippen LogP contribution in [0.5, 0.6) is 5.75 Å². The Kier molecular flexibility index (Phi) is 9.54. The van der Waals surface area contributed by atoms with Gasteiger partial charge in [0.1, 0.15) is 28.9 Å². The average Bonchev–Trinajstić information content (AvgIpc) is 3.23. The number of carbonyl (C=O) groups excluding carboxylic acids is 3. The van der Waals surface area contributed by atoms with Crippen LogP contribution in [0.2, 0.25) is 5.02 Å². The van der Waals surface area contributed by atoms with Gasteiger partial charge >= 0.3 is 12.3 Å². The molecular formula is C25H30ClF4N5O5. The predicted octanol–water partition coefficient (Wildman–Crippen LogP) is 3.81. The van der Waals surface area contributed by atoms with Crippen molar-refractivity contribution in [1.82, 2.24) is 25.3 Å². The molecule has 1 fully saturated rings. The molecule has 0 aliphatic carbocycles. The minimum atomic E-state index is -4.60. The molecule has 1 aromatic carbocycles. The van der Waals surface area contributed by atoms with Crippen molar-refractivity contribution < 1.29 is 41.4 Å². The molecule has 2 heterocycles. The summed E-state index contributed by atoms with van der Waals surface area (Å²) in [6, 6.07) is 3.01. The third kappa shape index (κ3) is 8.47. The summed E-state index contributed by atoms with van der Waals surface area (Å²) in [6.07, 6.45) is -4.96. The van der Waals surface area contributed by atoms with Crippen LogP contribution in [-0.2, 0) is 34.1 Å². The Morgan fingerprint density at radius 1 is 1.15 bits per heavy atom. The quantitative estimate of drug-likeness (QED) is 0.473. The smallest absolute Gasteiger partial charge is 0.433 e. The lowest BCUT2D eigenvalue weighted by atomic mass is 9.97. The average molecular weight is 592 g/mol. The summed E-state index contributed by atoms with van der Waals surface area (Å²) < 4.78 is 64.2. The van der Waals surface area contributed by atoms with Gasteiger partial charge in [-0.1, -0.05) is 11.6 Å². The van der Waals surface area contributed by atoms with E-state index in [0.29, 0.717) is 11.1 Å². The number of piperidine rings is 1. The van der Waals surface area contributed by atoms with Gasteiger partial charge in [-0.25, -0.2) is 9.18 Å². The number of hydrogen-bond donors (Lipinski definition) is 2. The minimum absolute atomic E-state index is 0.00601. The molecule has 2 atom stereocenters. The number of nitrogens with one attached hydrogen (secondary N) is 2. The Labute approximate surface area is 232 Å². The molecule has 3 rings (SSSR count). The van der Waals surface area contributed by atoms with Crippen LogP contribution in [-0.4, -0.2) is 63.4 Å². The highest BCUT2D eigenvalue weighted by Crippen LogP contribution is 2.29. The predicted molar refractivity (Wildman–Crippen MR) is 135 cm³/mol. The Balaban J connectivity index is 1.63. The van der Waals surface area contributed by atoms with Crippen molar-refractivity contribution in [3.63, 3.8) is 0 Å². The molecule has 0 radical (unpaired) electrons. The van der Waals surface area contributed by atoms with E-state index in [0.717, 1.165) is 19.2 Å². The van der Waals surface area contributed by atoms with E-state index < -0.39 is 59.9 Å². The number of carbonyl (C=O) groups is 3. The Morgan fingerprint density at radius 3 is 2.45 bits per heavy atom. The lowest BCUT2D eigenvalue weighted by Gasteiger charge is -2.39. The van der Waals surface area contributed by atoms with Crippen LogP contribution in [0.1, 0.15) is 45.0 Å². The first kappa shape index (κ1) is 31.0. The molecule has 1 aliphatic rings. The normalized spacial score (nSPS) is 17.8. The maximum Gasteiger partial charge on any atom is 0.433 e. The van der Waals surface area contributed by atoms with Gasteiger partial charge in [0.05, 0.1) is 17.3 Å². The van der Waals surface area contributed by atoms with Gasteiger partial charge in [0, 0.05) is 25.7 Å². The number of aryl methyl sites for hydroxylation is 1. The number of halogens is 5. The summed E-state index contributed by atoms with van der Waals surface area (Å²) in [5.74, 6) is -1.75. The fourth-order valence-corrected chi connectivity index (χ4v) is 4.16. The molecule has 0 unspecified atom stereocenters. The van der Waals surface area contributed by atoms with Crippen LogP contribution in [0.3, 0.4) is 0 Å². The highest BCUT2D eigenvalue weighted by molar-refractivity contribution is 6.30. The zero-order valence-electron chi connectivity index (χ0n) is 22.3. The zero-order valence-corrected chi connectivity index (χ0v) is 23.0. The number of hydrogen-bond acceptors (Lipinski definition) is 6. The van der Waals surface area contributed by atoms with E-state index in [-0.39, 0.29) is 36.0 Å². The maximum absolute atomic E-state index is 13.6. The van der Waals surface area contributed by atoms with E-state index in [1.54, 1.807) is 20.8 Å². The van der Waals surface area contributed by atoms with Crippen LogP contribution < -0.4 is 15.4 Å². The molecule has 15 heteroatoms. The van der Waals surface area contributed by atoms with Crippen LogP contribution in [0, 0.1) is 5.82 Å². The summed E-state index contributed by atoms with van der Waals surface area (Å²) in [5, 5.41) is 8.94. The van der Waals surface area contributed by atoms with Crippen molar-refractivity contribution in [2.24, 2.45) is 7.05 Å². The van der Waals surface area contributed by atoms with E-state index >= 15 is 0 Å². The highest BCUT2D eigenvalue weighted by Gasteiger charge is 2.39. The standard InChI is InChI=1S/C25H30ClF4N5O5/c1-24(2,3)40-23(38)35-12-14(32-21(36)13-39-16-6-7-17(26)18(27)10-16)5-8-19(35)22(37)31-11-15-9-20(25(28,29)30)34(4)33-15/h6-7,9-10,14,19H,5,8,11-13H2,1-4H3,(H,31,37)(H,32,36)/t14-,19+/m0/s1. The molecular weight excluding hydrogens is 562 g/mol. The summed E-state index contributed by atoms with van der Waals surface area (Å²) in [5.41, 5.74) is -1.85. The Hall–Kier alpha value is -3.55. The van der Waals surface area contributed by atoms with Gasteiger partial charge in [0.25, 0.3) is 5.91 Å². The molecule has 40 heavy (non-hydrogen) atoms. The molecule has 10 nitrogen and oxygen atoms in total. The molecule has 220 valence electrons.